The average molecular weight is 266 g/mol. The Morgan fingerprint density at radius 2 is 1.32 bits per heavy atom. The average Bonchev–Trinajstić information content (AvgIpc) is 2.40. The van der Waals surface area contributed by atoms with E-state index in [1.165, 1.54) is 11.1 Å². The molecule has 0 aliphatic carbocycles. The highest BCUT2D eigenvalue weighted by Crippen LogP contribution is 2.29. The standard InChI is InChI=1S/C18H22Si/c1-19(2,3)18(17-12-8-5-9-13-17)15-14-16-10-6-4-7-11-16/h4-15,18H,1-3H3/t18-/m1/s1. The van der Waals surface area contributed by atoms with E-state index in [1.807, 2.05) is 0 Å². The third-order valence-corrected chi connectivity index (χ3v) is 5.76. The van der Waals surface area contributed by atoms with Gasteiger partial charge in [-0.25, -0.2) is 0 Å². The molecule has 0 aliphatic rings. The summed E-state index contributed by atoms with van der Waals surface area (Å²) in [6.07, 6.45) is 4.65. The van der Waals surface area contributed by atoms with Crippen LogP contribution in [0.3, 0.4) is 0 Å². The number of hydrogen-bond donors (Lipinski definition) is 0. The van der Waals surface area contributed by atoms with Gasteiger partial charge < -0.3 is 0 Å². The Bertz CT molecular complexity index is 521. The van der Waals surface area contributed by atoms with E-state index in [-0.39, 0.29) is 0 Å². The lowest BCUT2D eigenvalue weighted by atomic mass is 10.1. The third kappa shape index (κ3) is 3.93. The molecule has 19 heavy (non-hydrogen) atoms. The van der Waals surface area contributed by atoms with Crippen LogP contribution in [0.25, 0.3) is 6.08 Å². The van der Waals surface area contributed by atoms with E-state index in [1.54, 1.807) is 0 Å². The topological polar surface area (TPSA) is 0 Å². The smallest absolute Gasteiger partial charge is 0.0565 e. The van der Waals surface area contributed by atoms with Crippen molar-refractivity contribution in [1.82, 2.24) is 0 Å². The minimum Gasteiger partial charge on any atom is -0.0792 e. The second-order valence-corrected chi connectivity index (χ2v) is 11.4. The Morgan fingerprint density at radius 1 is 0.789 bits per heavy atom. The van der Waals surface area contributed by atoms with Crippen LogP contribution in [0.4, 0.5) is 0 Å². The number of rotatable bonds is 4. The van der Waals surface area contributed by atoms with Crippen LogP contribution < -0.4 is 0 Å². The second-order valence-electron chi connectivity index (χ2n) is 6.02. The Morgan fingerprint density at radius 3 is 1.84 bits per heavy atom. The van der Waals surface area contributed by atoms with Gasteiger partial charge in [0.15, 0.2) is 0 Å². The summed E-state index contributed by atoms with van der Waals surface area (Å²) in [4.78, 5) is 0. The number of hydrogen-bond acceptors (Lipinski definition) is 0. The van der Waals surface area contributed by atoms with Crippen LogP contribution >= 0.6 is 0 Å². The fraction of sp³-hybridized carbons (Fsp3) is 0.222. The summed E-state index contributed by atoms with van der Waals surface area (Å²) in [5, 5.41) is 0. The Kier molecular flexibility index (Phi) is 4.38. The zero-order valence-corrected chi connectivity index (χ0v) is 13.0. The molecule has 0 amide bonds. The first-order valence-corrected chi connectivity index (χ1v) is 10.4. The van der Waals surface area contributed by atoms with E-state index < -0.39 is 8.07 Å². The van der Waals surface area contributed by atoms with Gasteiger partial charge in [0.25, 0.3) is 0 Å². The lowest BCUT2D eigenvalue weighted by Gasteiger charge is -2.26. The van der Waals surface area contributed by atoms with E-state index >= 15 is 0 Å². The van der Waals surface area contributed by atoms with Gasteiger partial charge in [0.1, 0.15) is 0 Å². The Balaban J connectivity index is 2.28. The summed E-state index contributed by atoms with van der Waals surface area (Å²) in [6.45, 7) is 7.29. The minimum atomic E-state index is -1.27. The van der Waals surface area contributed by atoms with Crippen molar-refractivity contribution in [3.8, 4) is 0 Å². The van der Waals surface area contributed by atoms with Crippen LogP contribution in [0.1, 0.15) is 16.7 Å². The monoisotopic (exact) mass is 266 g/mol. The number of allylic oxidation sites excluding steroid dienone is 1. The van der Waals surface area contributed by atoms with Crippen LogP contribution in [0.2, 0.25) is 19.6 Å². The Hall–Kier alpha value is -1.60. The van der Waals surface area contributed by atoms with Crippen molar-refractivity contribution < 1.29 is 0 Å². The molecule has 98 valence electrons. The van der Waals surface area contributed by atoms with Crippen molar-refractivity contribution in [2.24, 2.45) is 0 Å². The normalized spacial score (nSPS) is 13.6. The van der Waals surface area contributed by atoms with Gasteiger partial charge in [-0.2, -0.15) is 0 Å². The Labute approximate surface area is 117 Å². The molecule has 0 spiro atoms. The van der Waals surface area contributed by atoms with E-state index in [2.05, 4.69) is 92.5 Å². The molecule has 0 N–H and O–H groups in total. The van der Waals surface area contributed by atoms with Gasteiger partial charge in [0, 0.05) is 0 Å². The van der Waals surface area contributed by atoms with Crippen molar-refractivity contribution in [2.45, 2.75) is 25.2 Å². The van der Waals surface area contributed by atoms with Crippen LogP contribution in [0.5, 0.6) is 0 Å². The number of benzene rings is 2. The van der Waals surface area contributed by atoms with Gasteiger partial charge in [-0.05, 0) is 16.7 Å². The molecule has 0 radical (unpaired) electrons. The fourth-order valence-corrected chi connectivity index (χ4v) is 4.20. The van der Waals surface area contributed by atoms with E-state index in [0.29, 0.717) is 5.54 Å². The maximum absolute atomic E-state index is 2.43. The molecule has 0 saturated carbocycles. The molecule has 0 aromatic heterocycles. The van der Waals surface area contributed by atoms with E-state index in [9.17, 15) is 0 Å². The van der Waals surface area contributed by atoms with Crippen LogP contribution in [-0.2, 0) is 0 Å². The molecule has 0 heterocycles. The highest BCUT2D eigenvalue weighted by Gasteiger charge is 2.25. The molecule has 2 aromatic rings. The molecule has 2 aromatic carbocycles. The van der Waals surface area contributed by atoms with Crippen LogP contribution in [-0.4, -0.2) is 8.07 Å². The zero-order chi connectivity index (χ0) is 13.7. The SMILES string of the molecule is C[Si](C)(C)[C@H](C=Cc1ccccc1)c1ccccc1. The van der Waals surface area contributed by atoms with Gasteiger partial charge in [0.2, 0.25) is 0 Å². The van der Waals surface area contributed by atoms with Gasteiger partial charge in [-0.3, -0.25) is 0 Å². The molecule has 0 saturated heterocycles. The van der Waals surface area contributed by atoms with E-state index in [0.717, 1.165) is 0 Å². The maximum Gasteiger partial charge on any atom is 0.0565 e. The highest BCUT2D eigenvalue weighted by molar-refractivity contribution is 6.78. The molecule has 0 unspecified atom stereocenters. The second kappa shape index (κ2) is 6.03. The van der Waals surface area contributed by atoms with Gasteiger partial charge in [-0.1, -0.05) is 92.5 Å². The quantitative estimate of drug-likeness (QED) is 0.653. The summed E-state index contributed by atoms with van der Waals surface area (Å²) < 4.78 is 0. The first-order chi connectivity index (χ1) is 9.07. The van der Waals surface area contributed by atoms with Crippen molar-refractivity contribution in [3.63, 3.8) is 0 Å². The summed E-state index contributed by atoms with van der Waals surface area (Å²) in [6, 6.07) is 21.4. The molecule has 0 bridgehead atoms. The molecule has 0 fully saturated rings. The fourth-order valence-electron chi connectivity index (χ4n) is 2.33. The molecular weight excluding hydrogens is 244 g/mol. The summed E-state index contributed by atoms with van der Waals surface area (Å²) in [5.74, 6) is 0. The lowest BCUT2D eigenvalue weighted by Crippen LogP contribution is -2.29. The first-order valence-electron chi connectivity index (χ1n) is 6.85. The summed E-state index contributed by atoms with van der Waals surface area (Å²) in [5.41, 5.74) is 3.28. The molecule has 1 atom stereocenters. The third-order valence-electron chi connectivity index (χ3n) is 3.37. The highest BCUT2D eigenvalue weighted by atomic mass is 28.3. The molecule has 0 nitrogen and oxygen atoms in total. The first kappa shape index (κ1) is 13.8. The minimum absolute atomic E-state index is 0.564. The van der Waals surface area contributed by atoms with Gasteiger partial charge in [-0.15, -0.1) is 0 Å². The van der Waals surface area contributed by atoms with Crippen LogP contribution in [0, 0.1) is 0 Å². The van der Waals surface area contributed by atoms with Gasteiger partial charge in [0.05, 0.1) is 8.07 Å². The van der Waals surface area contributed by atoms with E-state index in [4.69, 9.17) is 0 Å². The molecule has 1 heteroatoms. The molecular formula is C18H22Si. The van der Waals surface area contributed by atoms with Crippen molar-refractivity contribution in [3.05, 3.63) is 77.9 Å². The molecule has 0 aliphatic heterocycles. The van der Waals surface area contributed by atoms with Crippen molar-refractivity contribution >= 4 is 14.1 Å². The summed E-state index contributed by atoms with van der Waals surface area (Å²) in [7, 11) is -1.27. The zero-order valence-electron chi connectivity index (χ0n) is 12.0. The largest absolute Gasteiger partial charge is 0.0792 e. The van der Waals surface area contributed by atoms with Crippen LogP contribution in [0.15, 0.2) is 66.7 Å². The predicted octanol–water partition coefficient (Wildman–Crippen LogP) is 5.36. The predicted molar refractivity (Wildman–Crippen MR) is 88.0 cm³/mol. The van der Waals surface area contributed by atoms with Crippen molar-refractivity contribution in [2.75, 3.05) is 0 Å². The molecule has 2 rings (SSSR count). The maximum atomic E-state index is 2.43. The summed E-state index contributed by atoms with van der Waals surface area (Å²) >= 11 is 0. The van der Waals surface area contributed by atoms with Crippen molar-refractivity contribution in [1.29, 1.82) is 0 Å². The lowest BCUT2D eigenvalue weighted by molar-refractivity contribution is 1.14. The van der Waals surface area contributed by atoms with Gasteiger partial charge >= 0.3 is 0 Å².